The Morgan fingerprint density at radius 2 is 2.12 bits per heavy atom. The van der Waals surface area contributed by atoms with Gasteiger partial charge in [-0.1, -0.05) is 11.6 Å². The summed E-state index contributed by atoms with van der Waals surface area (Å²) in [4.78, 5) is 7.84. The molecule has 0 radical (unpaired) electrons. The lowest BCUT2D eigenvalue weighted by atomic mass is 10.2. The van der Waals surface area contributed by atoms with E-state index in [1.54, 1.807) is 6.92 Å². The summed E-state index contributed by atoms with van der Waals surface area (Å²) in [5, 5.41) is 9.68. The minimum Gasteiger partial charge on any atom is -0.504 e. The van der Waals surface area contributed by atoms with Gasteiger partial charge < -0.3 is 5.11 Å². The first-order valence-electron chi connectivity index (χ1n) is 4.56. The lowest BCUT2D eigenvalue weighted by molar-refractivity contribution is 0.464. The van der Waals surface area contributed by atoms with Crippen LogP contribution < -0.4 is 0 Å². The maximum Gasteiger partial charge on any atom is 0.162 e. The monoisotopic (exact) mass is 238 g/mol. The van der Waals surface area contributed by atoms with Gasteiger partial charge in [0.2, 0.25) is 0 Å². The molecule has 0 amide bonds. The summed E-state index contributed by atoms with van der Waals surface area (Å²) in [6.07, 6.45) is 1.23. The maximum atomic E-state index is 13.5. The second-order valence-corrected chi connectivity index (χ2v) is 3.72. The van der Waals surface area contributed by atoms with Gasteiger partial charge in [-0.25, -0.2) is 14.4 Å². The highest BCUT2D eigenvalue weighted by Gasteiger charge is 2.10. The van der Waals surface area contributed by atoms with Gasteiger partial charge in [0.05, 0.1) is 17.5 Å². The Bertz CT molecular complexity index is 546. The molecule has 2 aromatic rings. The molecule has 1 aromatic heterocycles. The number of halogens is 2. The smallest absolute Gasteiger partial charge is 0.162 e. The number of nitrogens with zero attached hydrogens (tertiary/aromatic N) is 2. The molecule has 0 aliphatic heterocycles. The molecule has 0 fully saturated rings. The lowest BCUT2D eigenvalue weighted by Gasteiger charge is -2.04. The molecule has 0 spiro atoms. The molecule has 0 bridgehead atoms. The van der Waals surface area contributed by atoms with Crippen molar-refractivity contribution in [3.8, 4) is 17.1 Å². The Hall–Kier alpha value is -1.68. The van der Waals surface area contributed by atoms with Crippen molar-refractivity contribution in [3.05, 3.63) is 40.9 Å². The highest BCUT2D eigenvalue weighted by atomic mass is 35.5. The molecular formula is C11H8ClFN2O. The first kappa shape index (κ1) is 10.8. The summed E-state index contributed by atoms with van der Waals surface area (Å²) in [5.41, 5.74) is 0.611. The number of aryl methyl sites for hydroxylation is 1. The van der Waals surface area contributed by atoms with Gasteiger partial charge in [-0.3, -0.25) is 0 Å². The van der Waals surface area contributed by atoms with Crippen LogP contribution in [0.5, 0.6) is 5.75 Å². The number of aromatic hydroxyl groups is 1. The van der Waals surface area contributed by atoms with E-state index in [0.717, 1.165) is 0 Å². The Morgan fingerprint density at radius 3 is 2.81 bits per heavy atom. The van der Waals surface area contributed by atoms with Crippen LogP contribution in [-0.4, -0.2) is 15.1 Å². The Labute approximate surface area is 96.6 Å². The van der Waals surface area contributed by atoms with Crippen molar-refractivity contribution in [2.45, 2.75) is 6.92 Å². The summed E-state index contributed by atoms with van der Waals surface area (Å²) in [5.74, 6) is -0.268. The van der Waals surface area contributed by atoms with E-state index in [0.29, 0.717) is 10.7 Å². The van der Waals surface area contributed by atoms with Crippen LogP contribution in [0.1, 0.15) is 5.69 Å². The highest BCUT2D eigenvalue weighted by Crippen LogP contribution is 2.24. The molecule has 3 nitrogen and oxygen atoms in total. The molecule has 1 aromatic carbocycles. The van der Waals surface area contributed by atoms with E-state index in [4.69, 9.17) is 11.6 Å². The Balaban J connectivity index is 2.58. The van der Waals surface area contributed by atoms with E-state index in [9.17, 15) is 9.50 Å². The Morgan fingerprint density at radius 1 is 1.38 bits per heavy atom. The second-order valence-electron chi connectivity index (χ2n) is 3.29. The van der Waals surface area contributed by atoms with Gasteiger partial charge in [0.15, 0.2) is 11.6 Å². The average Bonchev–Trinajstić information content (AvgIpc) is 2.26. The van der Waals surface area contributed by atoms with Crippen molar-refractivity contribution in [1.82, 2.24) is 9.97 Å². The van der Waals surface area contributed by atoms with Crippen molar-refractivity contribution < 1.29 is 9.50 Å². The van der Waals surface area contributed by atoms with Crippen molar-refractivity contribution in [3.63, 3.8) is 0 Å². The van der Waals surface area contributed by atoms with Gasteiger partial charge in [-0.05, 0) is 25.1 Å². The molecule has 0 atom stereocenters. The molecule has 0 saturated heterocycles. The highest BCUT2D eigenvalue weighted by molar-refractivity contribution is 6.30. The van der Waals surface area contributed by atoms with Crippen LogP contribution >= 0.6 is 11.6 Å². The van der Waals surface area contributed by atoms with E-state index in [1.807, 2.05) is 0 Å². The number of hydrogen-bond acceptors (Lipinski definition) is 3. The second kappa shape index (κ2) is 4.06. The average molecular weight is 239 g/mol. The normalized spacial score (nSPS) is 10.4. The summed E-state index contributed by atoms with van der Waals surface area (Å²) >= 11 is 5.77. The van der Waals surface area contributed by atoms with Crippen LogP contribution in [0.3, 0.4) is 0 Å². The zero-order chi connectivity index (χ0) is 11.7. The fourth-order valence-corrected chi connectivity index (χ4v) is 1.43. The summed E-state index contributed by atoms with van der Waals surface area (Å²) in [7, 11) is 0. The molecule has 0 saturated carbocycles. The fraction of sp³-hybridized carbons (Fsp3) is 0.0909. The largest absolute Gasteiger partial charge is 0.504 e. The van der Waals surface area contributed by atoms with Crippen LogP contribution in [0, 0.1) is 12.7 Å². The van der Waals surface area contributed by atoms with Crippen LogP contribution in [-0.2, 0) is 0 Å². The number of benzene rings is 1. The molecule has 5 heteroatoms. The fourth-order valence-electron chi connectivity index (χ4n) is 1.26. The lowest BCUT2D eigenvalue weighted by Crippen LogP contribution is -1.94. The van der Waals surface area contributed by atoms with Crippen molar-refractivity contribution in [1.29, 1.82) is 0 Å². The minimum absolute atomic E-state index is 0.0220. The van der Waals surface area contributed by atoms with Gasteiger partial charge in [0.1, 0.15) is 5.82 Å². The Kier molecular flexibility index (Phi) is 2.75. The first-order valence-corrected chi connectivity index (χ1v) is 4.94. The minimum atomic E-state index is -0.450. The van der Waals surface area contributed by atoms with Gasteiger partial charge in [0.25, 0.3) is 0 Å². The zero-order valence-electron chi connectivity index (χ0n) is 8.41. The number of rotatable bonds is 1. The van der Waals surface area contributed by atoms with Crippen molar-refractivity contribution >= 4 is 11.6 Å². The topological polar surface area (TPSA) is 46.0 Å². The summed E-state index contributed by atoms with van der Waals surface area (Å²) in [6.45, 7) is 1.61. The molecule has 0 unspecified atom stereocenters. The molecular weight excluding hydrogens is 231 g/mol. The van der Waals surface area contributed by atoms with E-state index >= 15 is 0 Å². The third-order valence-electron chi connectivity index (χ3n) is 2.12. The van der Waals surface area contributed by atoms with Gasteiger partial charge >= 0.3 is 0 Å². The van der Waals surface area contributed by atoms with Gasteiger partial charge in [-0.15, -0.1) is 0 Å². The molecule has 1 N–H and O–H groups in total. The molecule has 0 aliphatic carbocycles. The number of aromatic nitrogens is 2. The van der Waals surface area contributed by atoms with Gasteiger partial charge in [-0.2, -0.15) is 0 Å². The van der Waals surface area contributed by atoms with E-state index in [1.165, 1.54) is 24.4 Å². The quantitative estimate of drug-likeness (QED) is 0.831. The van der Waals surface area contributed by atoms with E-state index in [2.05, 4.69) is 9.97 Å². The van der Waals surface area contributed by atoms with Crippen LogP contribution in [0.4, 0.5) is 4.39 Å². The molecule has 1 heterocycles. The predicted molar refractivity (Wildman–Crippen MR) is 58.8 cm³/mol. The standard InChI is InChI=1S/C11H8ClFN2O/c1-6-10(16)5-14-11(15-6)8-4-7(12)2-3-9(8)13/h2-5,16H,1H3. The molecule has 0 aliphatic rings. The molecule has 2 rings (SSSR count). The van der Waals surface area contributed by atoms with Crippen molar-refractivity contribution in [2.75, 3.05) is 0 Å². The van der Waals surface area contributed by atoms with E-state index in [-0.39, 0.29) is 17.1 Å². The molecule has 82 valence electrons. The summed E-state index contributed by atoms with van der Waals surface area (Å²) in [6, 6.07) is 4.15. The maximum absolute atomic E-state index is 13.5. The van der Waals surface area contributed by atoms with Gasteiger partial charge in [0, 0.05) is 5.02 Å². The summed E-state index contributed by atoms with van der Waals surface area (Å²) < 4.78 is 13.5. The SMILES string of the molecule is Cc1nc(-c2cc(Cl)ccc2F)ncc1O. The number of hydrogen-bond donors (Lipinski definition) is 1. The van der Waals surface area contributed by atoms with Crippen molar-refractivity contribution in [2.24, 2.45) is 0 Å². The third kappa shape index (κ3) is 1.97. The third-order valence-corrected chi connectivity index (χ3v) is 2.36. The van der Waals surface area contributed by atoms with Crippen LogP contribution in [0.25, 0.3) is 11.4 Å². The van der Waals surface area contributed by atoms with E-state index < -0.39 is 5.82 Å². The zero-order valence-corrected chi connectivity index (χ0v) is 9.16. The van der Waals surface area contributed by atoms with Crippen LogP contribution in [0.15, 0.2) is 24.4 Å². The predicted octanol–water partition coefficient (Wildman–Crippen LogP) is 2.95. The molecule has 16 heavy (non-hydrogen) atoms. The van der Waals surface area contributed by atoms with Crippen LogP contribution in [0.2, 0.25) is 5.02 Å². The first-order chi connectivity index (χ1) is 7.58.